The summed E-state index contributed by atoms with van der Waals surface area (Å²) in [7, 11) is 2.05. The first-order chi connectivity index (χ1) is 11.6. The third-order valence-corrected chi connectivity index (χ3v) is 5.56. The molecular weight excluding hydrogens is 296 g/mol. The minimum atomic E-state index is 0.289. The van der Waals surface area contributed by atoms with Gasteiger partial charge in [0, 0.05) is 40.5 Å². The number of H-pyrrole nitrogens is 1. The number of nitrogens with one attached hydrogen (secondary N) is 1. The molecule has 1 aromatic carbocycles. The van der Waals surface area contributed by atoms with Gasteiger partial charge in [-0.25, -0.2) is 0 Å². The summed E-state index contributed by atoms with van der Waals surface area (Å²) in [6.07, 6.45) is 2.58. The molecule has 0 radical (unpaired) electrons. The van der Waals surface area contributed by atoms with Crippen LogP contribution in [-0.2, 0) is 7.05 Å². The van der Waals surface area contributed by atoms with Crippen molar-refractivity contribution >= 4 is 10.9 Å². The summed E-state index contributed by atoms with van der Waals surface area (Å²) in [6.45, 7) is 8.88. The highest BCUT2D eigenvalue weighted by molar-refractivity contribution is 5.85. The lowest BCUT2D eigenvalue weighted by Gasteiger charge is -2.29. The molecule has 1 atom stereocenters. The summed E-state index contributed by atoms with van der Waals surface area (Å²) < 4.78 is 2.03. The summed E-state index contributed by atoms with van der Waals surface area (Å²) in [6, 6.07) is 8.96. The Hall–Kier alpha value is -2.07. The smallest absolute Gasteiger partial charge is 0.0662 e. The summed E-state index contributed by atoms with van der Waals surface area (Å²) in [4.78, 5) is 6.23. The molecule has 4 rings (SSSR count). The number of nitrogens with zero attached hydrogens (tertiary/aromatic N) is 3. The maximum absolute atomic E-state index is 4.70. The van der Waals surface area contributed by atoms with E-state index in [1.54, 1.807) is 0 Å². The number of rotatable bonds is 3. The minimum Gasteiger partial charge on any atom is -0.358 e. The van der Waals surface area contributed by atoms with Gasteiger partial charge in [0.1, 0.15) is 0 Å². The lowest BCUT2D eigenvalue weighted by atomic mass is 9.93. The van der Waals surface area contributed by atoms with Crippen molar-refractivity contribution in [3.63, 3.8) is 0 Å². The highest BCUT2D eigenvalue weighted by Crippen LogP contribution is 2.40. The molecule has 0 saturated carbocycles. The van der Waals surface area contributed by atoms with Crippen LogP contribution in [0.15, 0.2) is 24.3 Å². The number of aromatic amines is 1. The van der Waals surface area contributed by atoms with Crippen LogP contribution in [0.5, 0.6) is 0 Å². The lowest BCUT2D eigenvalue weighted by Crippen LogP contribution is -2.28. The topological polar surface area (TPSA) is 36.9 Å². The van der Waals surface area contributed by atoms with Gasteiger partial charge >= 0.3 is 0 Å². The van der Waals surface area contributed by atoms with Crippen LogP contribution < -0.4 is 0 Å². The lowest BCUT2D eigenvalue weighted by molar-refractivity contribution is 0.280. The number of para-hydroxylation sites is 1. The van der Waals surface area contributed by atoms with Crippen LogP contribution in [0.3, 0.4) is 0 Å². The summed E-state index contributed by atoms with van der Waals surface area (Å²) >= 11 is 0. The molecule has 0 bridgehead atoms. The van der Waals surface area contributed by atoms with E-state index in [1.165, 1.54) is 46.3 Å². The van der Waals surface area contributed by atoms with E-state index in [0.717, 1.165) is 18.8 Å². The zero-order valence-electron chi connectivity index (χ0n) is 15.1. The fourth-order valence-corrected chi connectivity index (χ4v) is 4.35. The second-order valence-corrected chi connectivity index (χ2v) is 7.06. The summed E-state index contributed by atoms with van der Waals surface area (Å²) in [5.74, 6) is 0. The Labute approximate surface area is 143 Å². The normalized spacial score (nSPS) is 17.0. The average Bonchev–Trinajstić information content (AvgIpc) is 3.24. The van der Waals surface area contributed by atoms with Gasteiger partial charge in [-0.2, -0.15) is 5.10 Å². The van der Waals surface area contributed by atoms with Gasteiger partial charge in [0.25, 0.3) is 0 Å². The Morgan fingerprint density at radius 3 is 2.42 bits per heavy atom. The first-order valence-corrected chi connectivity index (χ1v) is 8.89. The average molecular weight is 322 g/mol. The van der Waals surface area contributed by atoms with Crippen molar-refractivity contribution in [3.05, 3.63) is 52.5 Å². The van der Waals surface area contributed by atoms with Crippen molar-refractivity contribution in [2.45, 2.75) is 39.7 Å². The number of hydrogen-bond donors (Lipinski definition) is 1. The molecule has 1 saturated heterocycles. The van der Waals surface area contributed by atoms with Gasteiger partial charge in [-0.1, -0.05) is 18.2 Å². The van der Waals surface area contributed by atoms with Gasteiger partial charge in [0.2, 0.25) is 0 Å². The number of benzene rings is 1. The highest BCUT2D eigenvalue weighted by atomic mass is 15.3. The maximum atomic E-state index is 4.70. The second kappa shape index (κ2) is 5.78. The molecule has 4 nitrogen and oxygen atoms in total. The van der Waals surface area contributed by atoms with E-state index < -0.39 is 0 Å². The van der Waals surface area contributed by atoms with Gasteiger partial charge in [-0.15, -0.1) is 0 Å². The van der Waals surface area contributed by atoms with Crippen molar-refractivity contribution in [1.29, 1.82) is 0 Å². The molecule has 1 N–H and O–H groups in total. The number of likely N-dealkylation sites (tertiary alicyclic amines) is 1. The van der Waals surface area contributed by atoms with Crippen molar-refractivity contribution in [2.24, 2.45) is 7.05 Å². The summed E-state index contributed by atoms with van der Waals surface area (Å²) in [5, 5.41) is 6.04. The fraction of sp³-hybridized carbons (Fsp3) is 0.450. The molecule has 1 aliphatic heterocycles. The molecule has 3 heterocycles. The van der Waals surface area contributed by atoms with Gasteiger partial charge in [-0.05, 0) is 52.8 Å². The standard InChI is InChI=1S/C20H26N4/c1-13-19(16-9-5-6-10-17(16)21-13)20(24-11-7-8-12-24)18-14(2)22-23(4)15(18)3/h5-6,9-10,20-21H,7-8,11-12H2,1-4H3. The highest BCUT2D eigenvalue weighted by Gasteiger charge is 2.32. The van der Waals surface area contributed by atoms with Gasteiger partial charge < -0.3 is 4.98 Å². The number of hydrogen-bond acceptors (Lipinski definition) is 2. The van der Waals surface area contributed by atoms with E-state index in [9.17, 15) is 0 Å². The quantitative estimate of drug-likeness (QED) is 0.791. The van der Waals surface area contributed by atoms with Crippen LogP contribution in [0, 0.1) is 20.8 Å². The molecule has 4 heteroatoms. The van der Waals surface area contributed by atoms with Crippen LogP contribution in [0.4, 0.5) is 0 Å². The minimum absolute atomic E-state index is 0.289. The largest absolute Gasteiger partial charge is 0.358 e. The predicted molar refractivity (Wildman–Crippen MR) is 98.4 cm³/mol. The van der Waals surface area contributed by atoms with Crippen molar-refractivity contribution in [1.82, 2.24) is 19.7 Å². The fourth-order valence-electron chi connectivity index (χ4n) is 4.35. The Kier molecular flexibility index (Phi) is 3.72. The molecule has 0 spiro atoms. The first-order valence-electron chi connectivity index (χ1n) is 8.89. The van der Waals surface area contributed by atoms with Gasteiger partial charge in [-0.3, -0.25) is 9.58 Å². The number of aryl methyl sites for hydroxylation is 3. The molecule has 1 aliphatic rings. The van der Waals surface area contributed by atoms with Crippen molar-refractivity contribution < 1.29 is 0 Å². The van der Waals surface area contributed by atoms with Crippen LogP contribution >= 0.6 is 0 Å². The van der Waals surface area contributed by atoms with Crippen LogP contribution in [0.1, 0.15) is 47.1 Å². The van der Waals surface area contributed by atoms with E-state index in [0.29, 0.717) is 0 Å². The third-order valence-electron chi connectivity index (χ3n) is 5.56. The van der Waals surface area contributed by atoms with E-state index in [-0.39, 0.29) is 6.04 Å². The Morgan fingerprint density at radius 1 is 1.04 bits per heavy atom. The maximum Gasteiger partial charge on any atom is 0.0662 e. The monoisotopic (exact) mass is 322 g/mol. The molecule has 126 valence electrons. The predicted octanol–water partition coefficient (Wildman–Crippen LogP) is 4.01. The third kappa shape index (κ3) is 2.28. The Morgan fingerprint density at radius 2 is 1.75 bits per heavy atom. The molecule has 24 heavy (non-hydrogen) atoms. The van der Waals surface area contributed by atoms with Crippen molar-refractivity contribution in [2.75, 3.05) is 13.1 Å². The molecule has 0 amide bonds. The SMILES string of the molecule is Cc1nn(C)c(C)c1C(c1c(C)[nH]c2ccccc12)N1CCCC1. The molecule has 0 aliphatic carbocycles. The summed E-state index contributed by atoms with van der Waals surface area (Å²) in [5.41, 5.74) is 7.73. The van der Waals surface area contributed by atoms with E-state index >= 15 is 0 Å². The number of aromatic nitrogens is 3. The van der Waals surface area contributed by atoms with Crippen LogP contribution in [0.2, 0.25) is 0 Å². The Bertz CT molecular complexity index is 881. The van der Waals surface area contributed by atoms with E-state index in [4.69, 9.17) is 5.10 Å². The number of fused-ring (bicyclic) bond motifs is 1. The Balaban J connectivity index is 1.97. The molecule has 2 aromatic heterocycles. The molecular formula is C20H26N4. The van der Waals surface area contributed by atoms with Gasteiger partial charge in [0.15, 0.2) is 0 Å². The van der Waals surface area contributed by atoms with Crippen molar-refractivity contribution in [3.8, 4) is 0 Å². The zero-order valence-corrected chi connectivity index (χ0v) is 15.1. The zero-order chi connectivity index (χ0) is 16.8. The van der Waals surface area contributed by atoms with Crippen LogP contribution in [-0.4, -0.2) is 32.8 Å². The molecule has 1 fully saturated rings. The second-order valence-electron chi connectivity index (χ2n) is 7.06. The molecule has 1 unspecified atom stereocenters. The van der Waals surface area contributed by atoms with E-state index in [2.05, 4.69) is 62.0 Å². The van der Waals surface area contributed by atoms with E-state index in [1.807, 2.05) is 4.68 Å². The van der Waals surface area contributed by atoms with Crippen LogP contribution in [0.25, 0.3) is 10.9 Å². The first kappa shape index (κ1) is 15.5. The molecule has 3 aromatic rings. The van der Waals surface area contributed by atoms with Gasteiger partial charge in [0.05, 0.1) is 11.7 Å².